The summed E-state index contributed by atoms with van der Waals surface area (Å²) in [4.78, 5) is 0. The number of nitrogens with one attached hydrogen (secondary N) is 1. The maximum Gasteiger partial charge on any atom is 0.139 e. The average molecular weight is 268 g/mol. The first kappa shape index (κ1) is 14.5. The van der Waals surface area contributed by atoms with E-state index in [0.29, 0.717) is 12.3 Å². The maximum atomic E-state index is 8.87. The van der Waals surface area contributed by atoms with Crippen LogP contribution in [-0.2, 0) is 17.6 Å². The van der Waals surface area contributed by atoms with Crippen LogP contribution in [0.2, 0.25) is 0 Å². The summed E-state index contributed by atoms with van der Waals surface area (Å²) < 4.78 is 10.5. The van der Waals surface area contributed by atoms with Crippen molar-refractivity contribution in [2.45, 2.75) is 38.6 Å². The standard InChI is InChI=1S/C14H24N2O3/c1-11(2)3-5-15-14(9-18-10-14)8-12-7-13(4-6-17)19-16-12/h7,11,15,17H,3-6,8-10H2,1-2H3. The molecule has 0 saturated carbocycles. The van der Waals surface area contributed by atoms with Crippen molar-refractivity contribution < 1.29 is 14.4 Å². The summed E-state index contributed by atoms with van der Waals surface area (Å²) in [5, 5.41) is 16.5. The topological polar surface area (TPSA) is 67.5 Å². The molecule has 1 aromatic rings. The van der Waals surface area contributed by atoms with Crippen LogP contribution < -0.4 is 5.32 Å². The van der Waals surface area contributed by atoms with Gasteiger partial charge >= 0.3 is 0 Å². The molecule has 1 saturated heterocycles. The zero-order chi connectivity index (χ0) is 13.7. The second-order valence-electron chi connectivity index (χ2n) is 5.82. The summed E-state index contributed by atoms with van der Waals surface area (Å²) in [6.07, 6.45) is 2.51. The smallest absolute Gasteiger partial charge is 0.139 e. The molecule has 1 aromatic heterocycles. The zero-order valence-corrected chi connectivity index (χ0v) is 11.8. The molecule has 2 rings (SSSR count). The highest BCUT2D eigenvalue weighted by atomic mass is 16.5. The zero-order valence-electron chi connectivity index (χ0n) is 11.8. The van der Waals surface area contributed by atoms with Crippen molar-refractivity contribution >= 4 is 0 Å². The van der Waals surface area contributed by atoms with E-state index in [0.717, 1.165) is 44.1 Å². The van der Waals surface area contributed by atoms with Gasteiger partial charge in [-0.1, -0.05) is 19.0 Å². The molecule has 108 valence electrons. The molecule has 0 amide bonds. The molecule has 0 aromatic carbocycles. The van der Waals surface area contributed by atoms with Gasteiger partial charge in [0.15, 0.2) is 0 Å². The van der Waals surface area contributed by atoms with Gasteiger partial charge in [-0.15, -0.1) is 0 Å². The molecule has 0 unspecified atom stereocenters. The van der Waals surface area contributed by atoms with Crippen LogP contribution in [-0.4, -0.2) is 42.2 Å². The summed E-state index contributed by atoms with van der Waals surface area (Å²) in [6, 6.07) is 1.93. The van der Waals surface area contributed by atoms with E-state index in [1.807, 2.05) is 6.07 Å². The van der Waals surface area contributed by atoms with Gasteiger partial charge in [-0.2, -0.15) is 0 Å². The van der Waals surface area contributed by atoms with E-state index in [9.17, 15) is 0 Å². The Balaban J connectivity index is 1.86. The van der Waals surface area contributed by atoms with Crippen LogP contribution in [0.1, 0.15) is 31.7 Å². The number of rotatable bonds is 8. The van der Waals surface area contributed by atoms with Gasteiger partial charge < -0.3 is 19.7 Å². The molecule has 0 aliphatic carbocycles. The first-order chi connectivity index (χ1) is 9.13. The Morgan fingerprint density at radius 3 is 2.84 bits per heavy atom. The summed E-state index contributed by atoms with van der Waals surface area (Å²) in [5.41, 5.74) is 0.950. The number of aromatic nitrogens is 1. The van der Waals surface area contributed by atoms with Crippen molar-refractivity contribution in [1.29, 1.82) is 0 Å². The van der Waals surface area contributed by atoms with E-state index in [1.165, 1.54) is 0 Å². The van der Waals surface area contributed by atoms with Gasteiger partial charge in [0.2, 0.25) is 0 Å². The highest BCUT2D eigenvalue weighted by Gasteiger charge is 2.38. The van der Waals surface area contributed by atoms with Crippen LogP contribution in [0.15, 0.2) is 10.6 Å². The number of hydrogen-bond donors (Lipinski definition) is 2. The summed E-state index contributed by atoms with van der Waals surface area (Å²) in [6.45, 7) is 7.01. The number of aliphatic hydroxyl groups excluding tert-OH is 1. The molecule has 0 radical (unpaired) electrons. The molecule has 0 spiro atoms. The van der Waals surface area contributed by atoms with Crippen molar-refractivity contribution in [2.24, 2.45) is 5.92 Å². The minimum Gasteiger partial charge on any atom is -0.396 e. The van der Waals surface area contributed by atoms with Gasteiger partial charge in [-0.05, 0) is 18.9 Å². The number of nitrogens with zero attached hydrogens (tertiary/aromatic N) is 1. The van der Waals surface area contributed by atoms with Crippen LogP contribution in [0.25, 0.3) is 0 Å². The molecule has 19 heavy (non-hydrogen) atoms. The van der Waals surface area contributed by atoms with Gasteiger partial charge in [0.05, 0.1) is 31.1 Å². The van der Waals surface area contributed by atoms with E-state index in [1.54, 1.807) is 0 Å². The largest absolute Gasteiger partial charge is 0.396 e. The Labute approximate surface area is 114 Å². The van der Waals surface area contributed by atoms with E-state index >= 15 is 0 Å². The van der Waals surface area contributed by atoms with Crippen LogP contribution in [0.5, 0.6) is 0 Å². The summed E-state index contributed by atoms with van der Waals surface area (Å²) in [7, 11) is 0. The Morgan fingerprint density at radius 1 is 1.47 bits per heavy atom. The number of aliphatic hydroxyl groups is 1. The summed E-state index contributed by atoms with van der Waals surface area (Å²) >= 11 is 0. The van der Waals surface area contributed by atoms with Gasteiger partial charge in [-0.3, -0.25) is 0 Å². The SMILES string of the molecule is CC(C)CCNC1(Cc2cc(CCO)on2)COC1. The first-order valence-electron chi connectivity index (χ1n) is 7.02. The molecule has 0 atom stereocenters. The third kappa shape index (κ3) is 4.03. The minimum atomic E-state index is 0.0161. The van der Waals surface area contributed by atoms with Gasteiger partial charge in [0, 0.05) is 18.9 Å². The van der Waals surface area contributed by atoms with Gasteiger partial charge in [0.25, 0.3) is 0 Å². The second-order valence-corrected chi connectivity index (χ2v) is 5.82. The molecule has 1 fully saturated rings. The Bertz CT molecular complexity index is 386. The molecule has 2 heterocycles. The van der Waals surface area contributed by atoms with Crippen LogP contribution in [0.3, 0.4) is 0 Å². The van der Waals surface area contributed by atoms with Crippen molar-refractivity contribution in [2.75, 3.05) is 26.4 Å². The quantitative estimate of drug-likeness (QED) is 0.740. The van der Waals surface area contributed by atoms with Crippen molar-refractivity contribution in [3.05, 3.63) is 17.5 Å². The van der Waals surface area contributed by atoms with Gasteiger partial charge in [-0.25, -0.2) is 0 Å². The van der Waals surface area contributed by atoms with E-state index in [-0.39, 0.29) is 12.1 Å². The predicted molar refractivity (Wildman–Crippen MR) is 72.0 cm³/mol. The lowest BCUT2D eigenvalue weighted by Gasteiger charge is -2.42. The molecule has 1 aliphatic rings. The number of ether oxygens (including phenoxy) is 1. The van der Waals surface area contributed by atoms with E-state index in [2.05, 4.69) is 24.3 Å². The van der Waals surface area contributed by atoms with Crippen LogP contribution >= 0.6 is 0 Å². The predicted octanol–water partition coefficient (Wildman–Crippen LogP) is 1.16. The van der Waals surface area contributed by atoms with Crippen LogP contribution in [0, 0.1) is 5.92 Å². The average Bonchev–Trinajstić information content (AvgIpc) is 2.73. The fraction of sp³-hybridized carbons (Fsp3) is 0.786. The Hall–Kier alpha value is -0.910. The molecule has 0 bridgehead atoms. The summed E-state index contributed by atoms with van der Waals surface area (Å²) in [5.74, 6) is 1.45. The Kier molecular flexibility index (Phi) is 4.96. The molecular formula is C14H24N2O3. The van der Waals surface area contributed by atoms with E-state index in [4.69, 9.17) is 14.4 Å². The van der Waals surface area contributed by atoms with Crippen LogP contribution in [0.4, 0.5) is 0 Å². The van der Waals surface area contributed by atoms with Crippen molar-refractivity contribution in [3.63, 3.8) is 0 Å². The molecule has 1 aliphatic heterocycles. The highest BCUT2D eigenvalue weighted by molar-refractivity contribution is 5.12. The first-order valence-corrected chi connectivity index (χ1v) is 7.02. The highest BCUT2D eigenvalue weighted by Crippen LogP contribution is 2.22. The number of hydrogen-bond acceptors (Lipinski definition) is 5. The molecule has 5 heteroatoms. The third-order valence-corrected chi connectivity index (χ3v) is 3.46. The third-order valence-electron chi connectivity index (χ3n) is 3.46. The lowest BCUT2D eigenvalue weighted by molar-refractivity contribution is -0.0747. The fourth-order valence-corrected chi connectivity index (χ4v) is 2.25. The lowest BCUT2D eigenvalue weighted by Crippen LogP contribution is -2.62. The van der Waals surface area contributed by atoms with E-state index < -0.39 is 0 Å². The molecular weight excluding hydrogens is 244 g/mol. The second kappa shape index (κ2) is 6.50. The maximum absolute atomic E-state index is 8.87. The minimum absolute atomic E-state index is 0.0161. The molecule has 5 nitrogen and oxygen atoms in total. The fourth-order valence-electron chi connectivity index (χ4n) is 2.25. The van der Waals surface area contributed by atoms with Crippen molar-refractivity contribution in [3.8, 4) is 0 Å². The molecule has 2 N–H and O–H groups in total. The lowest BCUT2D eigenvalue weighted by atomic mass is 9.90. The van der Waals surface area contributed by atoms with Crippen molar-refractivity contribution in [1.82, 2.24) is 10.5 Å². The van der Waals surface area contributed by atoms with Gasteiger partial charge in [0.1, 0.15) is 5.76 Å². The monoisotopic (exact) mass is 268 g/mol. The normalized spacial score (nSPS) is 17.7. The Morgan fingerprint density at radius 2 is 2.26 bits per heavy atom.